The zero-order valence-corrected chi connectivity index (χ0v) is 14.0. The van der Waals surface area contributed by atoms with Gasteiger partial charge in [-0.15, -0.1) is 0 Å². The van der Waals surface area contributed by atoms with Gasteiger partial charge in [0.25, 0.3) is 0 Å². The number of halogens is 1. The summed E-state index contributed by atoms with van der Waals surface area (Å²) >= 11 is 6.16. The molecule has 3 nitrogen and oxygen atoms in total. The number of benzene rings is 1. The third kappa shape index (κ3) is 5.17. The highest BCUT2D eigenvalue weighted by Crippen LogP contribution is 2.26. The molecule has 1 fully saturated rings. The Morgan fingerprint density at radius 1 is 1.33 bits per heavy atom. The van der Waals surface area contributed by atoms with Gasteiger partial charge in [-0.3, -0.25) is 0 Å². The lowest BCUT2D eigenvalue weighted by molar-refractivity contribution is 0.0685. The van der Waals surface area contributed by atoms with E-state index in [1.165, 1.54) is 24.1 Å². The first-order valence-corrected chi connectivity index (χ1v) is 8.36. The van der Waals surface area contributed by atoms with Crippen LogP contribution in [-0.2, 0) is 11.3 Å². The third-order valence-electron chi connectivity index (χ3n) is 4.07. The Kier molecular flexibility index (Phi) is 6.81. The lowest BCUT2D eigenvalue weighted by Gasteiger charge is -2.30. The topological polar surface area (TPSA) is 24.5 Å². The summed E-state index contributed by atoms with van der Waals surface area (Å²) in [5.41, 5.74) is 2.57. The second kappa shape index (κ2) is 8.62. The van der Waals surface area contributed by atoms with Gasteiger partial charge in [-0.25, -0.2) is 0 Å². The molecule has 1 aliphatic heterocycles. The number of rotatable bonds is 7. The molecule has 4 heteroatoms. The smallest absolute Gasteiger partial charge is 0.0469 e. The van der Waals surface area contributed by atoms with E-state index in [9.17, 15) is 0 Å². The molecule has 0 spiro atoms. The van der Waals surface area contributed by atoms with Gasteiger partial charge in [-0.2, -0.15) is 0 Å². The summed E-state index contributed by atoms with van der Waals surface area (Å²) in [5.74, 6) is 0.732. The average Bonchev–Trinajstić information content (AvgIpc) is 2.48. The van der Waals surface area contributed by atoms with Crippen LogP contribution in [0, 0.1) is 5.92 Å². The van der Waals surface area contributed by atoms with Crippen LogP contribution in [0.2, 0.25) is 5.02 Å². The van der Waals surface area contributed by atoms with Crippen molar-refractivity contribution in [2.24, 2.45) is 5.92 Å². The molecule has 0 radical (unpaired) electrons. The summed E-state index contributed by atoms with van der Waals surface area (Å²) in [7, 11) is 2.18. The second-order valence-corrected chi connectivity index (χ2v) is 6.32. The zero-order chi connectivity index (χ0) is 15.1. The minimum atomic E-state index is 0.732. The maximum absolute atomic E-state index is 6.16. The minimum absolute atomic E-state index is 0.732. The molecule has 0 amide bonds. The van der Waals surface area contributed by atoms with Crippen LogP contribution in [0.3, 0.4) is 0 Å². The molecule has 1 saturated heterocycles. The molecule has 1 heterocycles. The SMILES string of the molecule is CCCNCc1cc(Cl)ccc1N(C)CC1CCOCC1. The average molecular weight is 311 g/mol. The highest BCUT2D eigenvalue weighted by molar-refractivity contribution is 6.30. The first-order valence-electron chi connectivity index (χ1n) is 7.98. The normalized spacial score (nSPS) is 16.1. The number of anilines is 1. The monoisotopic (exact) mass is 310 g/mol. The van der Waals surface area contributed by atoms with Crippen molar-refractivity contribution in [1.29, 1.82) is 0 Å². The fourth-order valence-electron chi connectivity index (χ4n) is 2.88. The van der Waals surface area contributed by atoms with Crippen molar-refractivity contribution >= 4 is 17.3 Å². The highest BCUT2D eigenvalue weighted by Gasteiger charge is 2.17. The van der Waals surface area contributed by atoms with Crippen LogP contribution in [0.25, 0.3) is 0 Å². The maximum atomic E-state index is 6.16. The third-order valence-corrected chi connectivity index (χ3v) is 4.30. The first-order chi connectivity index (χ1) is 10.2. The van der Waals surface area contributed by atoms with Crippen LogP contribution in [0.4, 0.5) is 5.69 Å². The van der Waals surface area contributed by atoms with Crippen molar-refractivity contribution in [1.82, 2.24) is 5.32 Å². The van der Waals surface area contributed by atoms with Crippen LogP contribution < -0.4 is 10.2 Å². The molecule has 21 heavy (non-hydrogen) atoms. The van der Waals surface area contributed by atoms with E-state index in [1.807, 2.05) is 6.07 Å². The molecular weight excluding hydrogens is 284 g/mol. The summed E-state index contributed by atoms with van der Waals surface area (Å²) < 4.78 is 5.45. The van der Waals surface area contributed by atoms with Gasteiger partial charge >= 0.3 is 0 Å². The molecule has 0 unspecified atom stereocenters. The van der Waals surface area contributed by atoms with Gasteiger partial charge in [0.15, 0.2) is 0 Å². The quantitative estimate of drug-likeness (QED) is 0.777. The first kappa shape index (κ1) is 16.6. The lowest BCUT2D eigenvalue weighted by Crippen LogP contribution is -2.30. The van der Waals surface area contributed by atoms with E-state index < -0.39 is 0 Å². The summed E-state index contributed by atoms with van der Waals surface area (Å²) in [6.07, 6.45) is 3.48. The fourth-order valence-corrected chi connectivity index (χ4v) is 3.08. The van der Waals surface area contributed by atoms with E-state index in [-0.39, 0.29) is 0 Å². The molecule has 2 rings (SSSR count). The maximum Gasteiger partial charge on any atom is 0.0469 e. The van der Waals surface area contributed by atoms with Crippen LogP contribution in [-0.4, -0.2) is 33.4 Å². The van der Waals surface area contributed by atoms with Crippen molar-refractivity contribution in [3.63, 3.8) is 0 Å². The number of nitrogens with zero attached hydrogens (tertiary/aromatic N) is 1. The molecule has 1 aliphatic rings. The van der Waals surface area contributed by atoms with Gasteiger partial charge in [0.1, 0.15) is 0 Å². The second-order valence-electron chi connectivity index (χ2n) is 5.89. The predicted molar refractivity (Wildman–Crippen MR) is 90.3 cm³/mol. The Morgan fingerprint density at radius 2 is 2.10 bits per heavy atom. The van der Waals surface area contributed by atoms with Crippen LogP contribution in [0.5, 0.6) is 0 Å². The van der Waals surface area contributed by atoms with E-state index in [4.69, 9.17) is 16.3 Å². The van der Waals surface area contributed by atoms with Gasteiger partial charge in [0.2, 0.25) is 0 Å². The van der Waals surface area contributed by atoms with Crippen LogP contribution in [0.15, 0.2) is 18.2 Å². The van der Waals surface area contributed by atoms with Crippen LogP contribution in [0.1, 0.15) is 31.7 Å². The number of nitrogens with one attached hydrogen (secondary N) is 1. The molecule has 118 valence electrons. The Hall–Kier alpha value is -0.770. The van der Waals surface area contributed by atoms with E-state index in [2.05, 4.69) is 36.3 Å². The van der Waals surface area contributed by atoms with Crippen LogP contribution >= 0.6 is 11.6 Å². The van der Waals surface area contributed by atoms with E-state index in [0.717, 1.165) is 50.2 Å². The molecule has 0 saturated carbocycles. The lowest BCUT2D eigenvalue weighted by atomic mass is 9.99. The Bertz CT molecular complexity index is 433. The number of hydrogen-bond donors (Lipinski definition) is 1. The molecule has 0 aromatic heterocycles. The molecule has 1 aromatic rings. The zero-order valence-electron chi connectivity index (χ0n) is 13.2. The highest BCUT2D eigenvalue weighted by atomic mass is 35.5. The van der Waals surface area contributed by atoms with Crippen molar-refractivity contribution in [3.8, 4) is 0 Å². The van der Waals surface area contributed by atoms with Gasteiger partial charge in [0.05, 0.1) is 0 Å². The largest absolute Gasteiger partial charge is 0.381 e. The molecule has 0 aliphatic carbocycles. The summed E-state index contributed by atoms with van der Waals surface area (Å²) in [5, 5.41) is 4.28. The van der Waals surface area contributed by atoms with Crippen molar-refractivity contribution in [2.75, 3.05) is 38.3 Å². The standard InChI is InChI=1S/C17H27ClN2O/c1-3-8-19-12-15-11-16(18)4-5-17(15)20(2)13-14-6-9-21-10-7-14/h4-5,11,14,19H,3,6-10,12-13H2,1-2H3. The van der Waals surface area contributed by atoms with Gasteiger partial charge < -0.3 is 15.0 Å². The molecule has 0 bridgehead atoms. The Labute approximate surface area is 133 Å². The van der Waals surface area contributed by atoms with E-state index >= 15 is 0 Å². The summed E-state index contributed by atoms with van der Waals surface area (Å²) in [4.78, 5) is 2.37. The molecule has 0 atom stereocenters. The Balaban J connectivity index is 2.01. The van der Waals surface area contributed by atoms with Crippen molar-refractivity contribution < 1.29 is 4.74 Å². The van der Waals surface area contributed by atoms with Crippen molar-refractivity contribution in [3.05, 3.63) is 28.8 Å². The van der Waals surface area contributed by atoms with Crippen molar-refractivity contribution in [2.45, 2.75) is 32.7 Å². The molecule has 1 N–H and O–H groups in total. The molecular formula is C17H27ClN2O. The number of ether oxygens (including phenoxy) is 1. The van der Waals surface area contributed by atoms with Gasteiger partial charge in [0, 0.05) is 44.1 Å². The predicted octanol–water partition coefficient (Wildman–Crippen LogP) is 3.70. The van der Waals surface area contributed by atoms with Gasteiger partial charge in [-0.05, 0) is 55.5 Å². The summed E-state index contributed by atoms with van der Waals surface area (Å²) in [6.45, 7) is 7.00. The Morgan fingerprint density at radius 3 is 2.81 bits per heavy atom. The minimum Gasteiger partial charge on any atom is -0.381 e. The van der Waals surface area contributed by atoms with Gasteiger partial charge in [-0.1, -0.05) is 18.5 Å². The summed E-state index contributed by atoms with van der Waals surface area (Å²) in [6, 6.07) is 6.21. The number of hydrogen-bond acceptors (Lipinski definition) is 3. The molecule has 1 aromatic carbocycles. The van der Waals surface area contributed by atoms with E-state index in [0.29, 0.717) is 0 Å². The van der Waals surface area contributed by atoms with E-state index in [1.54, 1.807) is 0 Å². The fraction of sp³-hybridized carbons (Fsp3) is 0.647.